The highest BCUT2D eigenvalue weighted by Crippen LogP contribution is 2.34. The van der Waals surface area contributed by atoms with Gasteiger partial charge in [-0.25, -0.2) is 9.97 Å². The maximum atomic E-state index is 5.64. The van der Waals surface area contributed by atoms with E-state index in [1.165, 1.54) is 0 Å². The molecule has 0 fully saturated rings. The Bertz CT molecular complexity index is 424. The molecule has 1 N–H and O–H groups in total. The highest BCUT2D eigenvalue weighted by molar-refractivity contribution is 5.36. The molecule has 1 aromatic rings. The van der Waals surface area contributed by atoms with Gasteiger partial charge < -0.3 is 10.1 Å². The Morgan fingerprint density at radius 1 is 1.25 bits per heavy atom. The van der Waals surface area contributed by atoms with Crippen molar-refractivity contribution in [3.63, 3.8) is 0 Å². The molecule has 1 rings (SSSR count). The number of rotatable bonds is 6. The molecule has 0 aliphatic heterocycles. The van der Waals surface area contributed by atoms with Gasteiger partial charge in [-0.1, -0.05) is 34.6 Å². The van der Waals surface area contributed by atoms with E-state index in [1.54, 1.807) is 7.11 Å². The molecule has 0 saturated carbocycles. The minimum atomic E-state index is -0.105. The second-order valence-electron chi connectivity index (χ2n) is 6.71. The average Bonchev–Trinajstić information content (AvgIpc) is 2.26. The van der Waals surface area contributed by atoms with E-state index in [4.69, 9.17) is 9.72 Å². The van der Waals surface area contributed by atoms with Gasteiger partial charge in [0.25, 0.3) is 0 Å². The van der Waals surface area contributed by atoms with E-state index in [-0.39, 0.29) is 11.5 Å². The van der Waals surface area contributed by atoms with Crippen molar-refractivity contribution in [2.45, 2.75) is 54.1 Å². The van der Waals surface area contributed by atoms with E-state index in [0.717, 1.165) is 30.3 Å². The molecule has 0 aliphatic carbocycles. The zero-order chi connectivity index (χ0) is 15.3. The Labute approximate surface area is 123 Å². The normalized spacial score (nSPS) is 13.6. The van der Waals surface area contributed by atoms with E-state index < -0.39 is 0 Å². The molecule has 1 atom stereocenters. The molecular formula is C16H29N3O. The Morgan fingerprint density at radius 2 is 1.90 bits per heavy atom. The van der Waals surface area contributed by atoms with Crippen LogP contribution in [0.1, 0.15) is 59.2 Å². The lowest BCUT2D eigenvalue weighted by Gasteiger charge is -2.28. The van der Waals surface area contributed by atoms with Crippen molar-refractivity contribution in [3.8, 4) is 0 Å². The van der Waals surface area contributed by atoms with Crippen molar-refractivity contribution in [1.82, 2.24) is 9.97 Å². The van der Waals surface area contributed by atoms with Crippen LogP contribution in [-0.4, -0.2) is 23.6 Å². The van der Waals surface area contributed by atoms with Gasteiger partial charge in [-0.3, -0.25) is 0 Å². The predicted octanol–water partition coefficient (Wildman–Crippen LogP) is 3.84. The van der Waals surface area contributed by atoms with Crippen LogP contribution >= 0.6 is 0 Å². The fourth-order valence-corrected chi connectivity index (χ4v) is 2.28. The lowest BCUT2D eigenvalue weighted by molar-refractivity contribution is 0.00859. The van der Waals surface area contributed by atoms with Crippen molar-refractivity contribution in [3.05, 3.63) is 17.6 Å². The summed E-state index contributed by atoms with van der Waals surface area (Å²) < 4.78 is 5.64. The summed E-state index contributed by atoms with van der Waals surface area (Å²) in [6.45, 7) is 13.8. The summed E-state index contributed by atoms with van der Waals surface area (Å²) in [7, 11) is 1.72. The van der Waals surface area contributed by atoms with Gasteiger partial charge in [0.15, 0.2) is 5.82 Å². The maximum absolute atomic E-state index is 5.64. The van der Waals surface area contributed by atoms with Crippen LogP contribution in [0.3, 0.4) is 0 Å². The number of hydrogen-bond donors (Lipinski definition) is 1. The van der Waals surface area contributed by atoms with Crippen molar-refractivity contribution >= 4 is 5.82 Å². The molecule has 0 amide bonds. The topological polar surface area (TPSA) is 47.0 Å². The first-order valence-electron chi connectivity index (χ1n) is 7.42. The molecule has 0 aromatic carbocycles. The number of aromatic nitrogens is 2. The summed E-state index contributed by atoms with van der Waals surface area (Å²) >= 11 is 0. The van der Waals surface area contributed by atoms with Crippen LogP contribution in [0.15, 0.2) is 6.07 Å². The second-order valence-corrected chi connectivity index (χ2v) is 6.71. The number of hydrogen-bond acceptors (Lipinski definition) is 4. The third-order valence-electron chi connectivity index (χ3n) is 3.03. The zero-order valence-electron chi connectivity index (χ0n) is 13.9. The van der Waals surface area contributed by atoms with Crippen LogP contribution in [0.2, 0.25) is 0 Å². The molecule has 1 heterocycles. The number of nitrogens with one attached hydrogen (secondary N) is 1. The van der Waals surface area contributed by atoms with Crippen LogP contribution < -0.4 is 5.32 Å². The molecule has 0 aliphatic rings. The lowest BCUT2D eigenvalue weighted by Crippen LogP contribution is -2.23. The molecule has 1 aromatic heterocycles. The molecule has 0 radical (unpaired) electrons. The van der Waals surface area contributed by atoms with E-state index in [9.17, 15) is 0 Å². The Kier molecular flexibility index (Phi) is 5.93. The average molecular weight is 279 g/mol. The second kappa shape index (κ2) is 7.02. The smallest absolute Gasteiger partial charge is 0.160 e. The zero-order valence-corrected chi connectivity index (χ0v) is 13.9. The number of methoxy groups -OCH3 is 1. The van der Waals surface area contributed by atoms with Gasteiger partial charge >= 0.3 is 0 Å². The third kappa shape index (κ3) is 4.75. The van der Waals surface area contributed by atoms with Gasteiger partial charge in [0, 0.05) is 25.4 Å². The van der Waals surface area contributed by atoms with E-state index in [2.05, 4.69) is 51.8 Å². The summed E-state index contributed by atoms with van der Waals surface area (Å²) in [4.78, 5) is 9.34. The molecule has 4 heteroatoms. The molecule has 114 valence electrons. The van der Waals surface area contributed by atoms with Crippen molar-refractivity contribution in [1.29, 1.82) is 0 Å². The molecule has 20 heavy (non-hydrogen) atoms. The van der Waals surface area contributed by atoms with E-state index in [0.29, 0.717) is 5.92 Å². The van der Waals surface area contributed by atoms with Crippen LogP contribution in [0.25, 0.3) is 0 Å². The van der Waals surface area contributed by atoms with Gasteiger partial charge in [-0.05, 0) is 24.7 Å². The highest BCUT2D eigenvalue weighted by atomic mass is 16.5. The van der Waals surface area contributed by atoms with Gasteiger partial charge in [-0.15, -0.1) is 0 Å². The van der Waals surface area contributed by atoms with Crippen molar-refractivity contribution < 1.29 is 4.74 Å². The summed E-state index contributed by atoms with van der Waals surface area (Å²) in [5.74, 6) is 2.23. The molecule has 1 unspecified atom stereocenters. The number of nitrogens with zero attached hydrogens (tertiary/aromatic N) is 2. The van der Waals surface area contributed by atoms with Gasteiger partial charge in [0.05, 0.1) is 0 Å². The van der Waals surface area contributed by atoms with Crippen molar-refractivity contribution in [2.75, 3.05) is 19.0 Å². The first-order valence-corrected chi connectivity index (χ1v) is 7.42. The predicted molar refractivity (Wildman–Crippen MR) is 83.9 cm³/mol. The molecule has 4 nitrogen and oxygen atoms in total. The number of anilines is 1. The highest BCUT2D eigenvalue weighted by Gasteiger charge is 2.29. The quantitative estimate of drug-likeness (QED) is 0.859. The summed E-state index contributed by atoms with van der Waals surface area (Å²) in [5, 5.41) is 3.29. The van der Waals surface area contributed by atoms with E-state index >= 15 is 0 Å². The molecule has 0 bridgehead atoms. The minimum Gasteiger partial charge on any atom is -0.373 e. The Hall–Kier alpha value is -1.16. The van der Waals surface area contributed by atoms with Crippen molar-refractivity contribution in [2.24, 2.45) is 11.3 Å². The SMILES string of the molecule is CCNc1cc(CC(C)C)nc(C(OC)C(C)(C)C)n1. The lowest BCUT2D eigenvalue weighted by atomic mass is 9.88. The van der Waals surface area contributed by atoms with Gasteiger partial charge in [-0.2, -0.15) is 0 Å². The third-order valence-corrected chi connectivity index (χ3v) is 3.03. The van der Waals surface area contributed by atoms with Crippen LogP contribution in [0.4, 0.5) is 5.82 Å². The number of ether oxygens (including phenoxy) is 1. The first kappa shape index (κ1) is 16.9. The monoisotopic (exact) mass is 279 g/mol. The van der Waals surface area contributed by atoms with Gasteiger partial charge in [0.2, 0.25) is 0 Å². The molecular weight excluding hydrogens is 250 g/mol. The summed E-state index contributed by atoms with van der Waals surface area (Å²) in [5.41, 5.74) is 1.04. The molecule has 0 saturated heterocycles. The first-order chi connectivity index (χ1) is 9.27. The fraction of sp³-hybridized carbons (Fsp3) is 0.750. The van der Waals surface area contributed by atoms with E-state index in [1.807, 2.05) is 6.07 Å². The summed E-state index contributed by atoms with van der Waals surface area (Å²) in [6, 6.07) is 2.04. The fourth-order valence-electron chi connectivity index (χ4n) is 2.28. The maximum Gasteiger partial charge on any atom is 0.160 e. The van der Waals surface area contributed by atoms with Crippen LogP contribution in [0, 0.1) is 11.3 Å². The van der Waals surface area contributed by atoms with Crippen LogP contribution in [0.5, 0.6) is 0 Å². The summed E-state index contributed by atoms with van der Waals surface area (Å²) in [6.07, 6.45) is 0.848. The Morgan fingerprint density at radius 3 is 2.35 bits per heavy atom. The molecule has 0 spiro atoms. The standard InChI is InChI=1S/C16H29N3O/c1-8-17-13-10-12(9-11(2)3)18-15(19-13)14(20-7)16(4,5)6/h10-11,14H,8-9H2,1-7H3,(H,17,18,19). The van der Waals surface area contributed by atoms with Gasteiger partial charge in [0.1, 0.15) is 11.9 Å². The Balaban J connectivity index is 3.19. The largest absolute Gasteiger partial charge is 0.373 e. The van der Waals surface area contributed by atoms with Crippen LogP contribution in [-0.2, 0) is 11.2 Å². The minimum absolute atomic E-state index is 0.0330.